The van der Waals surface area contributed by atoms with Gasteiger partial charge in [0.15, 0.2) is 0 Å². The summed E-state index contributed by atoms with van der Waals surface area (Å²) >= 11 is 12.7. The highest BCUT2D eigenvalue weighted by molar-refractivity contribution is 6.31. The molecular weight excluding hydrogens is 275 g/mol. The van der Waals surface area contributed by atoms with Gasteiger partial charge in [0.1, 0.15) is 0 Å². The Balaban J connectivity index is 2.14. The molecule has 0 saturated carbocycles. The summed E-state index contributed by atoms with van der Waals surface area (Å²) in [6.07, 6.45) is 0. The third kappa shape index (κ3) is 2.47. The summed E-state index contributed by atoms with van der Waals surface area (Å²) in [6.45, 7) is 0. The van der Waals surface area contributed by atoms with E-state index in [2.05, 4.69) is 24.3 Å². The molecule has 0 spiro atoms. The number of alkyl halides is 1. The molecule has 0 aliphatic heterocycles. The molecular formula is C17H12Cl2. The minimum Gasteiger partial charge on any atom is -0.113 e. The topological polar surface area (TPSA) is 0 Å². The van der Waals surface area contributed by atoms with Gasteiger partial charge in [-0.25, -0.2) is 0 Å². The largest absolute Gasteiger partial charge is 0.113 e. The van der Waals surface area contributed by atoms with E-state index >= 15 is 0 Å². The average molecular weight is 287 g/mol. The lowest BCUT2D eigenvalue weighted by molar-refractivity contribution is 1.16. The van der Waals surface area contributed by atoms with Crippen molar-refractivity contribution >= 4 is 34.0 Å². The highest BCUT2D eigenvalue weighted by Crippen LogP contribution is 2.34. The second kappa shape index (κ2) is 5.24. The highest BCUT2D eigenvalue weighted by Gasteiger charge is 2.13. The monoisotopic (exact) mass is 286 g/mol. The summed E-state index contributed by atoms with van der Waals surface area (Å²) in [5, 5.41) is 2.91. The molecule has 0 fully saturated rings. The number of benzene rings is 3. The Kier molecular flexibility index (Phi) is 3.46. The van der Waals surface area contributed by atoms with Crippen molar-refractivity contribution in [2.24, 2.45) is 0 Å². The average Bonchev–Trinajstić information content (AvgIpc) is 2.46. The molecule has 0 radical (unpaired) electrons. The van der Waals surface area contributed by atoms with E-state index in [1.54, 1.807) is 0 Å². The first kappa shape index (κ1) is 12.5. The summed E-state index contributed by atoms with van der Waals surface area (Å²) in [4.78, 5) is 0. The Morgan fingerprint density at radius 3 is 2.37 bits per heavy atom. The summed E-state index contributed by atoms with van der Waals surface area (Å²) in [5.41, 5.74) is 2.13. The van der Waals surface area contributed by atoms with Crippen molar-refractivity contribution in [2.75, 3.05) is 0 Å². The van der Waals surface area contributed by atoms with Gasteiger partial charge in [0, 0.05) is 5.02 Å². The van der Waals surface area contributed by atoms with Crippen molar-refractivity contribution in [2.45, 2.75) is 5.38 Å². The molecule has 1 unspecified atom stereocenters. The van der Waals surface area contributed by atoms with Crippen LogP contribution in [0, 0.1) is 0 Å². The summed E-state index contributed by atoms with van der Waals surface area (Å²) < 4.78 is 0. The molecule has 0 aromatic heterocycles. The Bertz CT molecular complexity index is 714. The van der Waals surface area contributed by atoms with Crippen LogP contribution in [-0.2, 0) is 0 Å². The predicted octanol–water partition coefficient (Wildman–Crippen LogP) is 5.82. The van der Waals surface area contributed by atoms with Crippen molar-refractivity contribution in [3.8, 4) is 0 Å². The minimum absolute atomic E-state index is 0.190. The Morgan fingerprint density at radius 1 is 0.789 bits per heavy atom. The maximum absolute atomic E-state index is 6.62. The van der Waals surface area contributed by atoms with Crippen LogP contribution in [0.4, 0.5) is 0 Å². The zero-order valence-corrected chi connectivity index (χ0v) is 11.7. The lowest BCUT2D eigenvalue weighted by Gasteiger charge is -2.13. The Hall–Kier alpha value is -1.50. The number of halogens is 2. The molecule has 1 atom stereocenters. The standard InChI is InChI=1S/C17H12Cl2/c18-14-8-3-7-13(11-14)17(19)16-10-4-6-12-5-1-2-9-15(12)16/h1-11,17H. The van der Waals surface area contributed by atoms with E-state index in [4.69, 9.17) is 23.2 Å². The molecule has 0 N–H and O–H groups in total. The zero-order valence-electron chi connectivity index (χ0n) is 10.2. The normalized spacial score (nSPS) is 12.5. The second-order valence-electron chi connectivity index (χ2n) is 4.49. The fraction of sp³-hybridized carbons (Fsp3) is 0.0588. The molecule has 0 nitrogen and oxygen atoms in total. The Morgan fingerprint density at radius 2 is 1.53 bits per heavy atom. The van der Waals surface area contributed by atoms with Gasteiger partial charge in [-0.3, -0.25) is 0 Å². The van der Waals surface area contributed by atoms with Crippen LogP contribution in [0.3, 0.4) is 0 Å². The van der Waals surface area contributed by atoms with Gasteiger partial charge in [-0.1, -0.05) is 66.2 Å². The molecule has 0 bridgehead atoms. The van der Waals surface area contributed by atoms with Gasteiger partial charge in [0.05, 0.1) is 5.38 Å². The van der Waals surface area contributed by atoms with Crippen LogP contribution in [0.1, 0.15) is 16.5 Å². The van der Waals surface area contributed by atoms with E-state index in [1.165, 1.54) is 10.8 Å². The van der Waals surface area contributed by atoms with E-state index in [0.29, 0.717) is 5.02 Å². The molecule has 19 heavy (non-hydrogen) atoms. The predicted molar refractivity (Wildman–Crippen MR) is 83.1 cm³/mol. The fourth-order valence-corrected chi connectivity index (χ4v) is 2.84. The van der Waals surface area contributed by atoms with Crippen molar-refractivity contribution in [1.29, 1.82) is 0 Å². The van der Waals surface area contributed by atoms with Gasteiger partial charge in [0.2, 0.25) is 0 Å². The number of rotatable bonds is 2. The molecule has 0 amide bonds. The highest BCUT2D eigenvalue weighted by atomic mass is 35.5. The smallest absolute Gasteiger partial charge is 0.0841 e. The van der Waals surface area contributed by atoms with Crippen molar-refractivity contribution in [3.63, 3.8) is 0 Å². The van der Waals surface area contributed by atoms with E-state index < -0.39 is 0 Å². The lowest BCUT2D eigenvalue weighted by atomic mass is 9.98. The number of hydrogen-bond acceptors (Lipinski definition) is 0. The van der Waals surface area contributed by atoms with E-state index in [0.717, 1.165) is 11.1 Å². The lowest BCUT2D eigenvalue weighted by Crippen LogP contribution is -1.94. The first-order chi connectivity index (χ1) is 9.25. The molecule has 3 aromatic carbocycles. The molecule has 2 heteroatoms. The van der Waals surface area contributed by atoms with Gasteiger partial charge in [-0.2, -0.15) is 0 Å². The third-order valence-electron chi connectivity index (χ3n) is 3.24. The van der Waals surface area contributed by atoms with Crippen molar-refractivity contribution in [3.05, 3.63) is 82.9 Å². The van der Waals surface area contributed by atoms with Gasteiger partial charge in [-0.05, 0) is 34.0 Å². The first-order valence-corrected chi connectivity index (χ1v) is 6.94. The molecule has 0 saturated heterocycles. The van der Waals surface area contributed by atoms with Crippen molar-refractivity contribution < 1.29 is 0 Å². The van der Waals surface area contributed by atoms with E-state index in [-0.39, 0.29) is 5.38 Å². The fourth-order valence-electron chi connectivity index (χ4n) is 2.32. The van der Waals surface area contributed by atoms with Crippen molar-refractivity contribution in [1.82, 2.24) is 0 Å². The molecule has 3 aromatic rings. The van der Waals surface area contributed by atoms with Gasteiger partial charge in [-0.15, -0.1) is 11.6 Å². The van der Waals surface area contributed by atoms with Crippen LogP contribution in [0.2, 0.25) is 5.02 Å². The van der Waals surface area contributed by atoms with Gasteiger partial charge in [0.25, 0.3) is 0 Å². The molecule has 0 heterocycles. The number of hydrogen-bond donors (Lipinski definition) is 0. The minimum atomic E-state index is -0.190. The maximum Gasteiger partial charge on any atom is 0.0841 e. The molecule has 3 rings (SSSR count). The zero-order chi connectivity index (χ0) is 13.2. The summed E-state index contributed by atoms with van der Waals surface area (Å²) in [7, 11) is 0. The van der Waals surface area contributed by atoms with Crippen LogP contribution in [-0.4, -0.2) is 0 Å². The van der Waals surface area contributed by atoms with Gasteiger partial charge < -0.3 is 0 Å². The first-order valence-electron chi connectivity index (χ1n) is 6.13. The van der Waals surface area contributed by atoms with Crippen LogP contribution in [0.25, 0.3) is 10.8 Å². The molecule has 94 valence electrons. The maximum atomic E-state index is 6.62. The molecule has 0 aliphatic carbocycles. The van der Waals surface area contributed by atoms with E-state index in [9.17, 15) is 0 Å². The second-order valence-corrected chi connectivity index (χ2v) is 5.36. The summed E-state index contributed by atoms with van der Waals surface area (Å²) in [6, 6.07) is 22.2. The number of fused-ring (bicyclic) bond motifs is 1. The SMILES string of the molecule is Clc1cccc(C(Cl)c2cccc3ccccc23)c1. The van der Waals surface area contributed by atoms with Crippen LogP contribution in [0.5, 0.6) is 0 Å². The van der Waals surface area contributed by atoms with Crippen LogP contribution < -0.4 is 0 Å². The van der Waals surface area contributed by atoms with Crippen LogP contribution >= 0.6 is 23.2 Å². The van der Waals surface area contributed by atoms with Gasteiger partial charge >= 0.3 is 0 Å². The van der Waals surface area contributed by atoms with Crippen LogP contribution in [0.15, 0.2) is 66.7 Å². The third-order valence-corrected chi connectivity index (χ3v) is 3.96. The quantitative estimate of drug-likeness (QED) is 0.521. The van der Waals surface area contributed by atoms with E-state index in [1.807, 2.05) is 42.5 Å². The Labute approximate surface area is 122 Å². The summed E-state index contributed by atoms with van der Waals surface area (Å²) in [5.74, 6) is 0. The molecule has 0 aliphatic rings.